The van der Waals surface area contributed by atoms with Gasteiger partial charge in [0.05, 0.1) is 12.6 Å². The van der Waals surface area contributed by atoms with Gasteiger partial charge in [-0.25, -0.2) is 4.68 Å². The number of rotatable bonds is 4. The third kappa shape index (κ3) is 2.68. The molecule has 0 saturated carbocycles. The molecular weight excluding hydrogens is 248 g/mol. The lowest BCUT2D eigenvalue weighted by Gasteiger charge is -2.18. The van der Waals surface area contributed by atoms with Gasteiger partial charge >= 0.3 is 0 Å². The maximum absolute atomic E-state index is 5.46. The van der Waals surface area contributed by atoms with Crippen molar-refractivity contribution in [2.75, 3.05) is 12.8 Å². The summed E-state index contributed by atoms with van der Waals surface area (Å²) in [6.45, 7) is 4.85. The fraction of sp³-hybridized carbons (Fsp3) is 0.750. The first kappa shape index (κ1) is 11.5. The third-order valence-corrected chi connectivity index (χ3v) is 2.63. The lowest BCUT2D eigenvalue weighted by molar-refractivity contribution is 0.0477. The lowest BCUT2D eigenvalue weighted by Crippen LogP contribution is -2.25. The van der Waals surface area contributed by atoms with E-state index in [1.165, 1.54) is 0 Å². The maximum Gasteiger partial charge on any atom is 0.240 e. The first-order chi connectivity index (χ1) is 6.54. The van der Waals surface area contributed by atoms with Crippen LogP contribution in [0.25, 0.3) is 0 Å². The fourth-order valence-electron chi connectivity index (χ4n) is 1.18. The summed E-state index contributed by atoms with van der Waals surface area (Å²) in [4.78, 5) is 3.95. The molecule has 0 aliphatic carbocycles. The molecule has 1 aromatic heterocycles. The molecule has 0 aliphatic rings. The number of halogens is 1. The van der Waals surface area contributed by atoms with E-state index in [9.17, 15) is 0 Å². The largest absolute Gasteiger partial charge is 0.379 e. The molecule has 0 bridgehead atoms. The maximum atomic E-state index is 5.46. The minimum Gasteiger partial charge on any atom is -0.379 e. The zero-order valence-electron chi connectivity index (χ0n) is 8.57. The minimum atomic E-state index is 0.118. The second-order valence-corrected chi connectivity index (χ2v) is 4.15. The molecule has 2 N–H and O–H groups in total. The van der Waals surface area contributed by atoms with Crippen molar-refractivity contribution >= 4 is 21.9 Å². The van der Waals surface area contributed by atoms with E-state index in [2.05, 4.69) is 39.9 Å². The fourth-order valence-corrected chi connectivity index (χ4v) is 1.59. The van der Waals surface area contributed by atoms with E-state index in [1.54, 1.807) is 11.8 Å². The highest BCUT2D eigenvalue weighted by atomic mass is 79.9. The summed E-state index contributed by atoms with van der Waals surface area (Å²) in [5.74, 6) is 0.702. The number of nitrogens with two attached hydrogens (primary N) is 1. The van der Waals surface area contributed by atoms with Crippen molar-refractivity contribution in [1.29, 1.82) is 0 Å². The van der Waals surface area contributed by atoms with Crippen LogP contribution in [0.3, 0.4) is 0 Å². The number of nitrogen functional groups attached to an aromatic ring is 1. The molecule has 1 atom stereocenters. The highest BCUT2D eigenvalue weighted by Gasteiger charge is 2.15. The zero-order chi connectivity index (χ0) is 10.7. The number of anilines is 1. The van der Waals surface area contributed by atoms with Crippen molar-refractivity contribution < 1.29 is 4.74 Å². The van der Waals surface area contributed by atoms with E-state index < -0.39 is 0 Å². The molecule has 0 amide bonds. The van der Waals surface area contributed by atoms with Crippen LogP contribution in [0.4, 0.5) is 5.95 Å². The Morgan fingerprint density at radius 2 is 2.21 bits per heavy atom. The van der Waals surface area contributed by atoms with Gasteiger partial charge in [-0.05, 0) is 21.8 Å². The Bertz CT molecular complexity index is 300. The third-order valence-electron chi connectivity index (χ3n) is 2.04. The molecule has 0 radical (unpaired) electrons. The number of hydrogen-bond acceptors (Lipinski definition) is 4. The van der Waals surface area contributed by atoms with Gasteiger partial charge in [0.15, 0.2) is 4.73 Å². The van der Waals surface area contributed by atoms with Gasteiger partial charge in [0.2, 0.25) is 5.95 Å². The van der Waals surface area contributed by atoms with Gasteiger partial charge in [-0.15, -0.1) is 5.10 Å². The van der Waals surface area contributed by atoms with Gasteiger partial charge in [-0.3, -0.25) is 0 Å². The van der Waals surface area contributed by atoms with Crippen molar-refractivity contribution in [2.45, 2.75) is 26.5 Å². The Morgan fingerprint density at radius 1 is 1.57 bits per heavy atom. The first-order valence-corrected chi connectivity index (χ1v) is 5.22. The van der Waals surface area contributed by atoms with E-state index in [0.29, 0.717) is 17.2 Å². The van der Waals surface area contributed by atoms with Gasteiger partial charge < -0.3 is 10.5 Å². The molecule has 1 unspecified atom stereocenters. The predicted molar refractivity (Wildman–Crippen MR) is 57.8 cm³/mol. The normalized spacial score (nSPS) is 13.5. The van der Waals surface area contributed by atoms with Crippen LogP contribution in [0.2, 0.25) is 0 Å². The average Bonchev–Trinajstić information content (AvgIpc) is 2.40. The molecule has 0 aliphatic heterocycles. The lowest BCUT2D eigenvalue weighted by atomic mass is 10.1. The predicted octanol–water partition coefficient (Wildman–Crippen LogP) is 1.29. The van der Waals surface area contributed by atoms with Crippen LogP contribution in [-0.2, 0) is 11.3 Å². The summed E-state index contributed by atoms with van der Waals surface area (Å²) in [5, 5.41) is 4.04. The summed E-state index contributed by atoms with van der Waals surface area (Å²) in [6, 6.07) is 0. The highest BCUT2D eigenvalue weighted by Crippen LogP contribution is 2.13. The molecule has 1 heterocycles. The molecule has 5 nitrogen and oxygen atoms in total. The van der Waals surface area contributed by atoms with Crippen molar-refractivity contribution in [2.24, 2.45) is 5.92 Å². The van der Waals surface area contributed by atoms with Crippen LogP contribution in [0.5, 0.6) is 0 Å². The van der Waals surface area contributed by atoms with Crippen LogP contribution < -0.4 is 5.73 Å². The van der Waals surface area contributed by atoms with Crippen LogP contribution >= 0.6 is 15.9 Å². The Labute approximate surface area is 91.8 Å². The van der Waals surface area contributed by atoms with E-state index in [-0.39, 0.29) is 12.1 Å². The Morgan fingerprint density at radius 3 is 2.57 bits per heavy atom. The van der Waals surface area contributed by atoms with Crippen molar-refractivity contribution in [3.8, 4) is 0 Å². The quantitative estimate of drug-likeness (QED) is 0.889. The van der Waals surface area contributed by atoms with Gasteiger partial charge in [0, 0.05) is 7.11 Å². The summed E-state index contributed by atoms with van der Waals surface area (Å²) in [7, 11) is 1.69. The molecular formula is C8H15BrN4O. The molecule has 1 rings (SSSR count). The molecule has 0 fully saturated rings. The van der Waals surface area contributed by atoms with Crippen LogP contribution in [-0.4, -0.2) is 28.0 Å². The number of ether oxygens (including phenoxy) is 1. The Balaban J connectivity index is 2.71. The van der Waals surface area contributed by atoms with E-state index in [0.717, 1.165) is 0 Å². The SMILES string of the molecule is COC(Cn1nc(N)nc1Br)C(C)C. The Kier molecular flexibility index (Phi) is 3.88. The van der Waals surface area contributed by atoms with E-state index in [4.69, 9.17) is 10.5 Å². The average molecular weight is 263 g/mol. The summed E-state index contributed by atoms with van der Waals surface area (Å²) in [5.41, 5.74) is 5.46. The monoisotopic (exact) mass is 262 g/mol. The van der Waals surface area contributed by atoms with Gasteiger partial charge in [-0.2, -0.15) is 4.98 Å². The number of hydrogen-bond donors (Lipinski definition) is 1. The van der Waals surface area contributed by atoms with Crippen LogP contribution in [0.15, 0.2) is 4.73 Å². The molecule has 6 heteroatoms. The van der Waals surface area contributed by atoms with Crippen molar-refractivity contribution in [3.05, 3.63) is 4.73 Å². The highest BCUT2D eigenvalue weighted by molar-refractivity contribution is 9.10. The smallest absolute Gasteiger partial charge is 0.240 e. The van der Waals surface area contributed by atoms with Gasteiger partial charge in [0.1, 0.15) is 0 Å². The van der Waals surface area contributed by atoms with Crippen molar-refractivity contribution in [3.63, 3.8) is 0 Å². The number of aromatic nitrogens is 3. The minimum absolute atomic E-state index is 0.118. The van der Waals surface area contributed by atoms with E-state index in [1.807, 2.05) is 0 Å². The molecule has 1 aromatic rings. The van der Waals surface area contributed by atoms with Crippen LogP contribution in [0.1, 0.15) is 13.8 Å². The second-order valence-electron chi connectivity index (χ2n) is 3.44. The zero-order valence-corrected chi connectivity index (χ0v) is 10.2. The van der Waals surface area contributed by atoms with Gasteiger partial charge in [0.25, 0.3) is 0 Å². The van der Waals surface area contributed by atoms with E-state index >= 15 is 0 Å². The van der Waals surface area contributed by atoms with Gasteiger partial charge in [-0.1, -0.05) is 13.8 Å². The van der Waals surface area contributed by atoms with Crippen molar-refractivity contribution in [1.82, 2.24) is 14.8 Å². The summed E-state index contributed by atoms with van der Waals surface area (Å²) in [6.07, 6.45) is 0.118. The molecule has 80 valence electrons. The standard InChI is InChI=1S/C8H15BrN4O/c1-5(2)6(14-3)4-13-7(9)11-8(10)12-13/h5-6H,4H2,1-3H3,(H2,10,12). The first-order valence-electron chi connectivity index (χ1n) is 4.43. The molecule has 14 heavy (non-hydrogen) atoms. The topological polar surface area (TPSA) is 66.0 Å². The number of nitrogens with zero attached hydrogens (tertiary/aromatic N) is 3. The molecule has 0 aromatic carbocycles. The van der Waals surface area contributed by atoms with Crippen LogP contribution in [0, 0.1) is 5.92 Å². The summed E-state index contributed by atoms with van der Waals surface area (Å²) >= 11 is 3.28. The summed E-state index contributed by atoms with van der Waals surface area (Å²) < 4.78 is 7.66. The Hall–Kier alpha value is -0.620. The molecule has 0 saturated heterocycles. The second kappa shape index (κ2) is 4.75. The molecule has 0 spiro atoms. The number of methoxy groups -OCH3 is 1.